The van der Waals surface area contributed by atoms with Crippen molar-refractivity contribution in [3.8, 4) is 23.0 Å². The lowest BCUT2D eigenvalue weighted by atomic mass is 10.1. The van der Waals surface area contributed by atoms with E-state index in [0.29, 0.717) is 66.0 Å². The maximum absolute atomic E-state index is 13.1. The van der Waals surface area contributed by atoms with E-state index in [9.17, 15) is 14.7 Å². The Bertz CT molecular complexity index is 1360. The van der Waals surface area contributed by atoms with Gasteiger partial charge >= 0.3 is 0 Å². The van der Waals surface area contributed by atoms with Gasteiger partial charge in [-0.05, 0) is 37.8 Å². The Morgan fingerprint density at radius 2 is 1.61 bits per heavy atom. The Morgan fingerprint density at radius 3 is 2.34 bits per heavy atom. The standard InChI is InChI=1S/C30H36N4O7/c1-38-25-11-21-23(31-15-18-6-5-7-33(18)29(21)36)13-27(25)40-8-3-4-9-41-28-14-24-22(12-26(28)39-2)30(37)34-17-20(35)10-19(34)16-32-24/h11-14,16,18-20,31,35H,3-10,15,17H2,1-2H3/t18-,19-,20?/m0/s1. The fraction of sp³-hybridized carbons (Fsp3) is 0.500. The van der Waals surface area contributed by atoms with Crippen molar-refractivity contribution in [3.63, 3.8) is 0 Å². The Labute approximate surface area is 239 Å². The fourth-order valence-electron chi connectivity index (χ4n) is 6.06. The summed E-state index contributed by atoms with van der Waals surface area (Å²) >= 11 is 0. The smallest absolute Gasteiger partial charge is 0.256 e. The minimum atomic E-state index is -0.540. The minimum absolute atomic E-state index is 0.0388. The number of ether oxygens (including phenoxy) is 4. The minimum Gasteiger partial charge on any atom is -0.493 e. The van der Waals surface area contributed by atoms with Crippen molar-refractivity contribution in [1.82, 2.24) is 9.80 Å². The Morgan fingerprint density at radius 1 is 0.927 bits per heavy atom. The van der Waals surface area contributed by atoms with Gasteiger partial charge in [-0.25, -0.2) is 0 Å². The first-order valence-corrected chi connectivity index (χ1v) is 14.2. The van der Waals surface area contributed by atoms with Gasteiger partial charge < -0.3 is 39.2 Å². The number of hydrogen-bond acceptors (Lipinski definition) is 9. The number of rotatable bonds is 9. The number of nitrogens with zero attached hydrogens (tertiary/aromatic N) is 3. The van der Waals surface area contributed by atoms with E-state index in [-0.39, 0.29) is 23.9 Å². The van der Waals surface area contributed by atoms with Gasteiger partial charge in [-0.1, -0.05) is 0 Å². The highest BCUT2D eigenvalue weighted by Crippen LogP contribution is 2.39. The van der Waals surface area contributed by atoms with Crippen LogP contribution in [-0.4, -0.2) is 98.2 Å². The molecule has 11 nitrogen and oxygen atoms in total. The molecule has 4 aliphatic heterocycles. The monoisotopic (exact) mass is 564 g/mol. The van der Waals surface area contributed by atoms with Crippen molar-refractivity contribution in [3.05, 3.63) is 35.4 Å². The number of aliphatic hydroxyl groups excluding tert-OH is 1. The van der Waals surface area contributed by atoms with Crippen LogP contribution in [0.5, 0.6) is 23.0 Å². The predicted molar refractivity (Wildman–Crippen MR) is 152 cm³/mol. The van der Waals surface area contributed by atoms with Gasteiger partial charge in [-0.15, -0.1) is 0 Å². The van der Waals surface area contributed by atoms with Crippen molar-refractivity contribution >= 4 is 29.4 Å². The summed E-state index contributed by atoms with van der Waals surface area (Å²) in [7, 11) is 3.11. The lowest BCUT2D eigenvalue weighted by Crippen LogP contribution is -2.36. The van der Waals surface area contributed by atoms with E-state index in [2.05, 4.69) is 10.3 Å². The second kappa shape index (κ2) is 11.5. The number of benzene rings is 2. The molecule has 4 heterocycles. The number of carbonyl (C=O) groups is 2. The summed E-state index contributed by atoms with van der Waals surface area (Å²) in [5.41, 5.74) is 2.35. The van der Waals surface area contributed by atoms with Crippen LogP contribution >= 0.6 is 0 Å². The lowest BCUT2D eigenvalue weighted by molar-refractivity contribution is 0.0742. The van der Waals surface area contributed by atoms with E-state index in [1.165, 1.54) is 7.11 Å². The summed E-state index contributed by atoms with van der Waals surface area (Å²) in [6.07, 6.45) is 5.16. The second-order valence-electron chi connectivity index (χ2n) is 10.8. The number of carbonyl (C=O) groups excluding carboxylic acids is 2. The van der Waals surface area contributed by atoms with Crippen LogP contribution in [0.2, 0.25) is 0 Å². The van der Waals surface area contributed by atoms with E-state index >= 15 is 0 Å². The Hall–Kier alpha value is -3.99. The number of anilines is 1. The van der Waals surface area contributed by atoms with Gasteiger partial charge in [0.15, 0.2) is 23.0 Å². The fourth-order valence-corrected chi connectivity index (χ4v) is 6.06. The van der Waals surface area contributed by atoms with Gasteiger partial charge in [0.1, 0.15) is 0 Å². The molecule has 2 aromatic rings. The van der Waals surface area contributed by atoms with E-state index in [4.69, 9.17) is 18.9 Å². The first kappa shape index (κ1) is 27.2. The van der Waals surface area contributed by atoms with E-state index in [1.807, 2.05) is 11.0 Å². The van der Waals surface area contributed by atoms with Gasteiger partial charge in [-0.2, -0.15) is 0 Å². The number of hydrogen-bond donors (Lipinski definition) is 2. The van der Waals surface area contributed by atoms with Gasteiger partial charge in [0.05, 0.1) is 62.1 Å². The topological polar surface area (TPSA) is 122 Å². The second-order valence-corrected chi connectivity index (χ2v) is 10.8. The molecule has 6 rings (SSSR count). The summed E-state index contributed by atoms with van der Waals surface area (Å²) < 4.78 is 23.1. The molecule has 0 aliphatic carbocycles. The molecule has 0 aromatic heterocycles. The number of methoxy groups -OCH3 is 2. The first-order valence-electron chi connectivity index (χ1n) is 14.2. The zero-order chi connectivity index (χ0) is 28.5. The van der Waals surface area contributed by atoms with Crippen LogP contribution in [0.1, 0.15) is 52.8 Å². The van der Waals surface area contributed by atoms with Crippen LogP contribution in [0.3, 0.4) is 0 Å². The first-order chi connectivity index (χ1) is 20.0. The summed E-state index contributed by atoms with van der Waals surface area (Å²) in [6, 6.07) is 7.03. The van der Waals surface area contributed by atoms with Crippen LogP contribution < -0.4 is 24.3 Å². The third-order valence-electron chi connectivity index (χ3n) is 8.23. The highest BCUT2D eigenvalue weighted by atomic mass is 16.5. The van der Waals surface area contributed by atoms with Crippen molar-refractivity contribution < 1.29 is 33.6 Å². The molecule has 1 unspecified atom stereocenters. The van der Waals surface area contributed by atoms with Crippen molar-refractivity contribution in [2.24, 2.45) is 4.99 Å². The van der Waals surface area contributed by atoms with E-state index < -0.39 is 6.10 Å². The molecule has 2 aromatic carbocycles. The number of fused-ring (bicyclic) bond motifs is 4. The number of aliphatic hydroxyl groups is 1. The third kappa shape index (κ3) is 5.26. The average Bonchev–Trinajstić information content (AvgIpc) is 3.56. The molecule has 11 heteroatoms. The largest absolute Gasteiger partial charge is 0.493 e. The van der Waals surface area contributed by atoms with Crippen molar-refractivity contribution in [2.75, 3.05) is 52.4 Å². The molecule has 0 bridgehead atoms. The molecule has 0 spiro atoms. The van der Waals surface area contributed by atoms with Crippen LogP contribution in [0.25, 0.3) is 0 Å². The summed E-state index contributed by atoms with van der Waals surface area (Å²) in [5, 5.41) is 13.4. The maximum Gasteiger partial charge on any atom is 0.256 e. The van der Waals surface area contributed by atoms with Crippen molar-refractivity contribution in [1.29, 1.82) is 0 Å². The normalized spacial score (nSPS) is 22.7. The van der Waals surface area contributed by atoms with Gasteiger partial charge in [0.25, 0.3) is 11.8 Å². The van der Waals surface area contributed by atoms with Crippen LogP contribution in [0.4, 0.5) is 11.4 Å². The van der Waals surface area contributed by atoms with Crippen LogP contribution in [0, 0.1) is 0 Å². The number of unbranched alkanes of at least 4 members (excludes halogenated alkanes) is 1. The van der Waals surface area contributed by atoms with Crippen molar-refractivity contribution in [2.45, 2.75) is 50.3 Å². The quantitative estimate of drug-likeness (QED) is 0.445. The molecule has 3 atom stereocenters. The highest BCUT2D eigenvalue weighted by molar-refractivity contribution is 6.03. The lowest BCUT2D eigenvalue weighted by Gasteiger charge is -2.21. The SMILES string of the molecule is COc1cc2c(cc1OCCCCOc1cc3c(cc1OC)C(=O)N1CCC[C@H]1CN3)N=C[C@@H]1CC(O)CN1C2=O. The molecule has 41 heavy (non-hydrogen) atoms. The molecule has 0 radical (unpaired) electrons. The predicted octanol–water partition coefficient (Wildman–Crippen LogP) is 3.26. The summed E-state index contributed by atoms with van der Waals surface area (Å²) in [4.78, 5) is 34.3. The number of nitrogens with one attached hydrogen (secondary N) is 1. The van der Waals surface area contributed by atoms with E-state index in [0.717, 1.165) is 44.5 Å². The molecule has 0 saturated carbocycles. The maximum atomic E-state index is 13.1. The Kier molecular flexibility index (Phi) is 7.61. The molecular weight excluding hydrogens is 528 g/mol. The van der Waals surface area contributed by atoms with Gasteiger partial charge in [0.2, 0.25) is 0 Å². The molecular formula is C30H36N4O7. The van der Waals surface area contributed by atoms with Gasteiger partial charge in [0, 0.05) is 50.4 Å². The molecule has 2 fully saturated rings. The third-order valence-corrected chi connectivity index (χ3v) is 8.23. The molecule has 2 saturated heterocycles. The summed E-state index contributed by atoms with van der Waals surface area (Å²) in [6.45, 7) is 2.69. The summed E-state index contributed by atoms with van der Waals surface area (Å²) in [5.74, 6) is 1.97. The van der Waals surface area contributed by atoms with Gasteiger partial charge in [-0.3, -0.25) is 14.6 Å². The highest BCUT2D eigenvalue weighted by Gasteiger charge is 2.37. The zero-order valence-electron chi connectivity index (χ0n) is 23.4. The van der Waals surface area contributed by atoms with Crippen LogP contribution in [0.15, 0.2) is 29.3 Å². The molecule has 4 aliphatic rings. The van der Waals surface area contributed by atoms with E-state index in [1.54, 1.807) is 36.4 Å². The zero-order valence-corrected chi connectivity index (χ0v) is 23.4. The Balaban J connectivity index is 1.05. The number of aliphatic imine (C=N–C) groups is 1. The average molecular weight is 565 g/mol. The van der Waals surface area contributed by atoms with Crippen LogP contribution in [-0.2, 0) is 0 Å². The molecule has 2 amide bonds. The number of amides is 2. The molecule has 218 valence electrons. The molecule has 2 N–H and O–H groups in total.